The lowest BCUT2D eigenvalue weighted by molar-refractivity contribution is -0.356. The van der Waals surface area contributed by atoms with Gasteiger partial charge < -0.3 is 43.4 Å². The Morgan fingerprint density at radius 1 is 1.07 bits per heavy atom. The van der Waals surface area contributed by atoms with Gasteiger partial charge in [-0.05, 0) is 19.9 Å². The van der Waals surface area contributed by atoms with Crippen molar-refractivity contribution in [3.05, 3.63) is 36.3 Å². The number of hydrogen-bond donors (Lipinski definition) is 3. The van der Waals surface area contributed by atoms with Crippen molar-refractivity contribution in [3.8, 4) is 0 Å². The molecule has 3 aliphatic heterocycles. The van der Waals surface area contributed by atoms with E-state index in [0.717, 1.165) is 20.1 Å². The summed E-state index contributed by atoms with van der Waals surface area (Å²) >= 11 is 0. The second-order valence-corrected chi connectivity index (χ2v) is 13.0. The van der Waals surface area contributed by atoms with Gasteiger partial charge in [0.05, 0.1) is 30.5 Å². The average molecular weight is 591 g/mol. The van der Waals surface area contributed by atoms with Gasteiger partial charge in [-0.2, -0.15) is 0 Å². The Morgan fingerprint density at radius 2 is 1.74 bits per heavy atom. The molecule has 5 fully saturated rings. The van der Waals surface area contributed by atoms with E-state index in [-0.39, 0.29) is 0 Å². The standard InChI is InChI=1S/C29H34O13/c1-13(30)39-16-17-24(4,10-8-15(31)37-7)27(35)22(34)23(2,3)42-29(27,36)26(17,6)28-20(41-28)21(33)40-19(14-9-11-38-12-14)25(28,5)18(16)32/h8-12,16-20,32,35-36H,1-7H3/b10-8-/t16-,17-,18-,19+,20-,24-,25+,26-,27+,28-,29+/m1/s1. The minimum atomic E-state index is -2.81. The number of cyclic esters (lactones) is 1. The lowest BCUT2D eigenvalue weighted by Gasteiger charge is -2.63. The highest BCUT2D eigenvalue weighted by atomic mass is 16.7. The summed E-state index contributed by atoms with van der Waals surface area (Å²) in [6.07, 6.45) is -0.996. The normalized spacial score (nSPS) is 49.9. The molecule has 1 aromatic heterocycles. The first-order valence-electron chi connectivity index (χ1n) is 13.6. The Bertz CT molecular complexity index is 1430. The maximum Gasteiger partial charge on any atom is 0.339 e. The molecule has 0 amide bonds. The van der Waals surface area contributed by atoms with Gasteiger partial charge in [0.1, 0.15) is 29.5 Å². The SMILES string of the molecule is COC(=O)/C=C\[C@]1(C)[C@H]2[C@@H](OC(C)=O)[C@@H](O)[C@@]3(C)[C@H](c4ccoc4)OC(=O)[C@H]4O[C@]43[C@]2(C)[C@]2(O)OC(C)(C)C(=O)[C@@]21O. The number of fused-ring (bicyclic) bond motifs is 3. The van der Waals surface area contributed by atoms with Crippen molar-refractivity contribution >= 4 is 23.7 Å². The first-order valence-corrected chi connectivity index (χ1v) is 13.6. The Kier molecular flexibility index (Phi) is 5.58. The van der Waals surface area contributed by atoms with Gasteiger partial charge in [0.15, 0.2) is 11.7 Å². The number of aliphatic hydroxyl groups excluding tert-OH is 1. The highest BCUT2D eigenvalue weighted by molar-refractivity contribution is 6.00. The van der Waals surface area contributed by atoms with E-state index in [0.29, 0.717) is 5.56 Å². The zero-order valence-electron chi connectivity index (χ0n) is 24.2. The van der Waals surface area contributed by atoms with Gasteiger partial charge in [0.2, 0.25) is 11.6 Å². The second-order valence-electron chi connectivity index (χ2n) is 13.0. The highest BCUT2D eigenvalue weighted by Crippen LogP contribution is 2.84. The molecule has 3 saturated heterocycles. The Morgan fingerprint density at radius 3 is 2.31 bits per heavy atom. The van der Waals surface area contributed by atoms with Crippen LogP contribution in [0.3, 0.4) is 0 Å². The van der Waals surface area contributed by atoms with Crippen LogP contribution in [0.1, 0.15) is 53.2 Å². The molecule has 42 heavy (non-hydrogen) atoms. The number of carbonyl (C=O) groups excluding carboxylic acids is 4. The Hall–Kier alpha value is -3.10. The van der Waals surface area contributed by atoms with Gasteiger partial charge in [-0.3, -0.25) is 9.59 Å². The molecular weight excluding hydrogens is 556 g/mol. The van der Waals surface area contributed by atoms with Crippen LogP contribution in [0.4, 0.5) is 0 Å². The largest absolute Gasteiger partial charge is 0.472 e. The highest BCUT2D eigenvalue weighted by Gasteiger charge is 3.01. The minimum Gasteiger partial charge on any atom is -0.472 e. The van der Waals surface area contributed by atoms with Crippen LogP contribution < -0.4 is 0 Å². The summed E-state index contributed by atoms with van der Waals surface area (Å²) in [7, 11) is 1.13. The molecule has 1 aromatic rings. The third-order valence-electron chi connectivity index (χ3n) is 10.9. The summed E-state index contributed by atoms with van der Waals surface area (Å²) in [5.74, 6) is -7.59. The molecule has 11 atom stereocenters. The number of methoxy groups -OCH3 is 1. The molecule has 1 spiro atoms. The quantitative estimate of drug-likeness (QED) is 0.190. The monoisotopic (exact) mass is 590 g/mol. The summed E-state index contributed by atoms with van der Waals surface area (Å²) in [5, 5.41) is 37.7. The Labute approximate surface area is 240 Å². The number of rotatable bonds is 4. The van der Waals surface area contributed by atoms with Gasteiger partial charge in [-0.1, -0.05) is 26.8 Å². The number of aliphatic hydroxyl groups is 3. The number of epoxide rings is 1. The van der Waals surface area contributed by atoms with Crippen LogP contribution in [0.15, 0.2) is 35.2 Å². The topological polar surface area (TPSA) is 192 Å². The second kappa shape index (κ2) is 8.08. The molecule has 4 heterocycles. The van der Waals surface area contributed by atoms with Crippen molar-refractivity contribution in [1.29, 1.82) is 0 Å². The van der Waals surface area contributed by atoms with E-state index < -0.39 is 92.9 Å². The van der Waals surface area contributed by atoms with Crippen LogP contribution in [0, 0.1) is 22.2 Å². The first kappa shape index (κ1) is 29.0. The molecule has 13 nitrogen and oxygen atoms in total. The van der Waals surface area contributed by atoms with E-state index >= 15 is 0 Å². The molecule has 0 radical (unpaired) electrons. The van der Waals surface area contributed by atoms with Crippen LogP contribution in [0.2, 0.25) is 0 Å². The van der Waals surface area contributed by atoms with Gasteiger partial charge in [0, 0.05) is 29.9 Å². The van der Waals surface area contributed by atoms with Crippen LogP contribution >= 0.6 is 0 Å². The fourth-order valence-corrected chi connectivity index (χ4v) is 9.18. The molecule has 0 aromatic carbocycles. The van der Waals surface area contributed by atoms with Crippen LogP contribution in [-0.4, -0.2) is 87.0 Å². The predicted octanol–water partition coefficient (Wildman–Crippen LogP) is 0.497. The average Bonchev–Trinajstić information content (AvgIpc) is 3.41. The van der Waals surface area contributed by atoms with Crippen LogP contribution in [0.5, 0.6) is 0 Å². The third-order valence-corrected chi connectivity index (χ3v) is 10.9. The van der Waals surface area contributed by atoms with E-state index in [9.17, 15) is 34.5 Å². The van der Waals surface area contributed by atoms with Crippen LogP contribution in [0.25, 0.3) is 0 Å². The lowest BCUT2D eigenvalue weighted by atomic mass is 9.43. The molecule has 0 unspecified atom stereocenters. The van der Waals surface area contributed by atoms with Gasteiger partial charge >= 0.3 is 17.9 Å². The number of Topliss-reactive ketones (excluding diaryl/α,β-unsaturated/α-hetero) is 1. The molecule has 2 saturated carbocycles. The van der Waals surface area contributed by atoms with E-state index in [1.54, 1.807) is 6.92 Å². The molecule has 2 aliphatic carbocycles. The zero-order chi connectivity index (χ0) is 31.1. The third kappa shape index (κ3) is 2.73. The first-order chi connectivity index (χ1) is 19.4. The van der Waals surface area contributed by atoms with Crippen molar-refractivity contribution in [2.45, 2.75) is 88.5 Å². The minimum absolute atomic E-state index is 0.346. The van der Waals surface area contributed by atoms with Crippen LogP contribution in [-0.2, 0) is 42.9 Å². The molecule has 6 rings (SSSR count). The van der Waals surface area contributed by atoms with Crippen molar-refractivity contribution in [2.75, 3.05) is 7.11 Å². The summed E-state index contributed by atoms with van der Waals surface area (Å²) in [5.41, 5.74) is -11.7. The summed E-state index contributed by atoms with van der Waals surface area (Å²) < 4.78 is 33.9. The predicted molar refractivity (Wildman–Crippen MR) is 136 cm³/mol. The molecule has 0 bridgehead atoms. The van der Waals surface area contributed by atoms with Crippen molar-refractivity contribution in [3.63, 3.8) is 0 Å². The maximum absolute atomic E-state index is 14.1. The number of furan rings is 1. The van der Waals surface area contributed by atoms with E-state index in [1.807, 2.05) is 0 Å². The lowest BCUT2D eigenvalue weighted by Crippen LogP contribution is -2.77. The smallest absolute Gasteiger partial charge is 0.339 e. The van der Waals surface area contributed by atoms with Crippen molar-refractivity contribution < 1.29 is 62.6 Å². The molecule has 5 aliphatic rings. The number of ketones is 1. The van der Waals surface area contributed by atoms with Gasteiger partial charge in [-0.15, -0.1) is 0 Å². The van der Waals surface area contributed by atoms with E-state index in [1.165, 1.54) is 52.4 Å². The molecule has 3 N–H and O–H groups in total. The number of ether oxygens (including phenoxy) is 5. The fraction of sp³-hybridized carbons (Fsp3) is 0.655. The maximum atomic E-state index is 14.1. The van der Waals surface area contributed by atoms with Gasteiger partial charge in [0.25, 0.3) is 0 Å². The van der Waals surface area contributed by atoms with Crippen molar-refractivity contribution in [2.24, 2.45) is 22.2 Å². The van der Waals surface area contributed by atoms with E-state index in [4.69, 9.17) is 28.1 Å². The molecule has 13 heteroatoms. The number of hydrogen-bond acceptors (Lipinski definition) is 13. The summed E-state index contributed by atoms with van der Waals surface area (Å²) in [6.45, 7) is 8.29. The molecule has 228 valence electrons. The summed E-state index contributed by atoms with van der Waals surface area (Å²) in [6, 6.07) is 1.53. The number of carbonyl (C=O) groups is 4. The summed E-state index contributed by atoms with van der Waals surface area (Å²) in [4.78, 5) is 52.5. The van der Waals surface area contributed by atoms with E-state index in [2.05, 4.69) is 0 Å². The number of esters is 3. The van der Waals surface area contributed by atoms with Crippen molar-refractivity contribution in [1.82, 2.24) is 0 Å². The zero-order valence-corrected chi connectivity index (χ0v) is 24.2. The Balaban J connectivity index is 1.72. The molecular formula is C29H34O13. The fourth-order valence-electron chi connectivity index (χ4n) is 9.18. The van der Waals surface area contributed by atoms with Gasteiger partial charge in [-0.25, -0.2) is 9.59 Å².